The van der Waals surface area contributed by atoms with Crippen molar-refractivity contribution in [3.63, 3.8) is 0 Å². The molecular formula is C19H18N2O3S. The largest absolute Gasteiger partial charge is 0.478 e. The lowest BCUT2D eigenvalue weighted by molar-refractivity contribution is -0.0127. The van der Waals surface area contributed by atoms with E-state index < -0.39 is 5.97 Å². The van der Waals surface area contributed by atoms with E-state index in [1.54, 1.807) is 29.5 Å². The predicted molar refractivity (Wildman–Crippen MR) is 97.0 cm³/mol. The van der Waals surface area contributed by atoms with Crippen LogP contribution >= 0.6 is 11.3 Å². The normalized spacial score (nSPS) is 18.5. The van der Waals surface area contributed by atoms with Crippen LogP contribution in [0, 0.1) is 0 Å². The van der Waals surface area contributed by atoms with Crippen LogP contribution in [0.4, 0.5) is 0 Å². The van der Waals surface area contributed by atoms with Crippen molar-refractivity contribution in [2.75, 3.05) is 19.8 Å². The Labute approximate surface area is 149 Å². The topological polar surface area (TPSA) is 62.7 Å². The van der Waals surface area contributed by atoms with Gasteiger partial charge < -0.3 is 9.84 Å². The van der Waals surface area contributed by atoms with E-state index in [4.69, 9.17) is 9.72 Å². The number of carbonyl (C=O) groups is 1. The van der Waals surface area contributed by atoms with Crippen LogP contribution in [-0.2, 0) is 11.3 Å². The first-order valence-corrected chi connectivity index (χ1v) is 9.02. The maximum absolute atomic E-state index is 11.2. The SMILES string of the molecule is O=C(O)c1cccc(CN2CCOCC2c2nc3ccccc3s2)c1. The van der Waals surface area contributed by atoms with Gasteiger partial charge in [-0.2, -0.15) is 0 Å². The Morgan fingerprint density at radius 2 is 2.16 bits per heavy atom. The first kappa shape index (κ1) is 16.2. The number of nitrogens with zero attached hydrogens (tertiary/aromatic N) is 2. The number of hydrogen-bond donors (Lipinski definition) is 1. The molecule has 1 aromatic heterocycles. The Morgan fingerprint density at radius 3 is 3.00 bits per heavy atom. The average Bonchev–Trinajstić information content (AvgIpc) is 3.06. The van der Waals surface area contributed by atoms with E-state index in [0.717, 1.165) is 22.6 Å². The minimum Gasteiger partial charge on any atom is -0.478 e. The van der Waals surface area contributed by atoms with Crippen molar-refractivity contribution in [2.45, 2.75) is 12.6 Å². The standard InChI is InChI=1S/C19H18N2O3S/c22-19(23)14-5-3-4-13(10-14)11-21-8-9-24-12-16(21)18-20-15-6-1-2-7-17(15)25-18/h1-7,10,16H,8-9,11-12H2,(H,22,23). The van der Waals surface area contributed by atoms with Gasteiger partial charge in [-0.25, -0.2) is 9.78 Å². The molecule has 1 atom stereocenters. The molecule has 1 aliphatic heterocycles. The van der Waals surface area contributed by atoms with Gasteiger partial charge in [0.1, 0.15) is 5.01 Å². The van der Waals surface area contributed by atoms with E-state index in [9.17, 15) is 9.90 Å². The third-order valence-corrected chi connectivity index (χ3v) is 5.53. The van der Waals surface area contributed by atoms with Crippen LogP contribution in [0.5, 0.6) is 0 Å². The van der Waals surface area contributed by atoms with Crippen LogP contribution < -0.4 is 0 Å². The van der Waals surface area contributed by atoms with Crippen molar-refractivity contribution in [3.05, 3.63) is 64.7 Å². The number of carboxylic acids is 1. The highest BCUT2D eigenvalue weighted by molar-refractivity contribution is 7.18. The summed E-state index contributed by atoms with van der Waals surface area (Å²) in [4.78, 5) is 18.3. The average molecular weight is 354 g/mol. The summed E-state index contributed by atoms with van der Waals surface area (Å²) in [6.45, 7) is 2.78. The van der Waals surface area contributed by atoms with Gasteiger partial charge in [-0.1, -0.05) is 24.3 Å². The van der Waals surface area contributed by atoms with Gasteiger partial charge in [0.25, 0.3) is 0 Å². The number of para-hydroxylation sites is 1. The minimum atomic E-state index is -0.897. The zero-order valence-corrected chi connectivity index (χ0v) is 14.4. The maximum Gasteiger partial charge on any atom is 0.335 e. The molecule has 0 spiro atoms. The molecule has 3 aromatic rings. The van der Waals surface area contributed by atoms with Crippen LogP contribution in [0.3, 0.4) is 0 Å². The molecule has 0 amide bonds. The van der Waals surface area contributed by atoms with Gasteiger partial charge in [-0.15, -0.1) is 11.3 Å². The summed E-state index contributed by atoms with van der Waals surface area (Å²) in [5, 5.41) is 10.2. The lowest BCUT2D eigenvalue weighted by atomic mass is 10.1. The zero-order valence-electron chi connectivity index (χ0n) is 13.6. The molecule has 1 aliphatic rings. The second kappa shape index (κ2) is 6.92. The molecule has 128 valence electrons. The lowest BCUT2D eigenvalue weighted by Gasteiger charge is -2.34. The van der Waals surface area contributed by atoms with Crippen molar-refractivity contribution in [1.29, 1.82) is 0 Å². The number of morpholine rings is 1. The van der Waals surface area contributed by atoms with Gasteiger partial charge in [0.05, 0.1) is 35.0 Å². The number of thiazole rings is 1. The minimum absolute atomic E-state index is 0.0969. The number of aromatic nitrogens is 1. The van der Waals surface area contributed by atoms with Gasteiger partial charge in [-0.05, 0) is 29.8 Å². The number of rotatable bonds is 4. The van der Waals surface area contributed by atoms with Crippen LogP contribution in [0.15, 0.2) is 48.5 Å². The van der Waals surface area contributed by atoms with Crippen LogP contribution in [0.1, 0.15) is 27.0 Å². The molecule has 0 bridgehead atoms. The molecule has 25 heavy (non-hydrogen) atoms. The van der Waals surface area contributed by atoms with E-state index in [-0.39, 0.29) is 6.04 Å². The Morgan fingerprint density at radius 1 is 1.28 bits per heavy atom. The van der Waals surface area contributed by atoms with Gasteiger partial charge >= 0.3 is 5.97 Å². The second-order valence-electron chi connectivity index (χ2n) is 6.09. The molecule has 0 radical (unpaired) electrons. The fraction of sp³-hybridized carbons (Fsp3) is 0.263. The number of aromatic carboxylic acids is 1. The van der Waals surface area contributed by atoms with E-state index in [1.165, 1.54) is 4.70 Å². The predicted octanol–water partition coefficient (Wildman–Crippen LogP) is 3.57. The number of fused-ring (bicyclic) bond motifs is 1. The van der Waals surface area contributed by atoms with E-state index in [2.05, 4.69) is 11.0 Å². The van der Waals surface area contributed by atoms with Gasteiger partial charge in [0.2, 0.25) is 0 Å². The quantitative estimate of drug-likeness (QED) is 0.776. The molecule has 2 aromatic carbocycles. The van der Waals surface area contributed by atoms with Crippen LogP contribution in [-0.4, -0.2) is 40.7 Å². The third kappa shape index (κ3) is 3.42. The number of ether oxygens (including phenoxy) is 1. The Hall–Kier alpha value is -2.28. The maximum atomic E-state index is 11.2. The summed E-state index contributed by atoms with van der Waals surface area (Å²) < 4.78 is 6.87. The molecule has 1 saturated heterocycles. The summed E-state index contributed by atoms with van der Waals surface area (Å²) in [5.41, 5.74) is 2.33. The van der Waals surface area contributed by atoms with Crippen LogP contribution in [0.25, 0.3) is 10.2 Å². The first-order valence-electron chi connectivity index (χ1n) is 8.20. The highest BCUT2D eigenvalue weighted by Gasteiger charge is 2.27. The third-order valence-electron chi connectivity index (χ3n) is 4.39. The monoisotopic (exact) mass is 354 g/mol. The summed E-state index contributed by atoms with van der Waals surface area (Å²) in [5.74, 6) is -0.897. The van der Waals surface area contributed by atoms with E-state index >= 15 is 0 Å². The lowest BCUT2D eigenvalue weighted by Crippen LogP contribution is -2.39. The van der Waals surface area contributed by atoms with Gasteiger partial charge in [0, 0.05) is 13.1 Å². The van der Waals surface area contributed by atoms with Crippen molar-refractivity contribution >= 4 is 27.5 Å². The molecule has 1 N–H and O–H groups in total. The molecule has 1 fully saturated rings. The summed E-state index contributed by atoms with van der Waals surface area (Å²) >= 11 is 1.70. The summed E-state index contributed by atoms with van der Waals surface area (Å²) in [7, 11) is 0. The van der Waals surface area contributed by atoms with Crippen LogP contribution in [0.2, 0.25) is 0 Å². The fourth-order valence-electron chi connectivity index (χ4n) is 3.12. The van der Waals surface area contributed by atoms with Gasteiger partial charge in [0.15, 0.2) is 0 Å². The molecule has 4 rings (SSSR count). The molecule has 6 heteroatoms. The first-order chi connectivity index (χ1) is 12.2. The number of hydrogen-bond acceptors (Lipinski definition) is 5. The zero-order chi connectivity index (χ0) is 17.2. The van der Waals surface area contributed by atoms with E-state index in [1.807, 2.05) is 24.3 Å². The van der Waals surface area contributed by atoms with Crippen molar-refractivity contribution in [2.24, 2.45) is 0 Å². The highest BCUT2D eigenvalue weighted by atomic mass is 32.1. The fourth-order valence-corrected chi connectivity index (χ4v) is 4.21. The van der Waals surface area contributed by atoms with E-state index in [0.29, 0.717) is 25.3 Å². The molecule has 0 saturated carbocycles. The Kier molecular flexibility index (Phi) is 4.48. The van der Waals surface area contributed by atoms with Gasteiger partial charge in [-0.3, -0.25) is 4.90 Å². The summed E-state index contributed by atoms with van der Waals surface area (Å²) in [6.07, 6.45) is 0. The molecule has 2 heterocycles. The smallest absolute Gasteiger partial charge is 0.335 e. The number of carboxylic acid groups (broad SMARTS) is 1. The summed E-state index contributed by atoms with van der Waals surface area (Å²) in [6, 6.07) is 15.4. The van der Waals surface area contributed by atoms with Crippen molar-refractivity contribution < 1.29 is 14.6 Å². The second-order valence-corrected chi connectivity index (χ2v) is 7.15. The highest BCUT2D eigenvalue weighted by Crippen LogP contribution is 2.32. The molecule has 0 aliphatic carbocycles. The molecule has 1 unspecified atom stereocenters. The molecule has 5 nitrogen and oxygen atoms in total. The molecular weight excluding hydrogens is 336 g/mol. The Balaban J connectivity index is 1.60. The van der Waals surface area contributed by atoms with Crippen molar-refractivity contribution in [1.82, 2.24) is 9.88 Å². The van der Waals surface area contributed by atoms with Crippen molar-refractivity contribution in [3.8, 4) is 0 Å². The number of benzene rings is 2. The Bertz CT molecular complexity index is 875.